The Balaban J connectivity index is 2.21. The average molecular weight is 472 g/mol. The maximum atomic E-state index is 13.5. The molecule has 2 aromatic carbocycles. The number of halogens is 3. The number of nitrogens with one attached hydrogen (secondary N) is 2. The summed E-state index contributed by atoms with van der Waals surface area (Å²) in [6, 6.07) is 8.35. The van der Waals surface area contributed by atoms with E-state index in [9.17, 15) is 26.4 Å². The lowest BCUT2D eigenvalue weighted by Gasteiger charge is -2.15. The molecule has 0 aromatic heterocycles. The molecule has 0 spiro atoms. The van der Waals surface area contributed by atoms with Crippen molar-refractivity contribution in [2.45, 2.75) is 11.9 Å². The van der Waals surface area contributed by atoms with E-state index in [0.29, 0.717) is 18.2 Å². The zero-order valence-electron chi connectivity index (χ0n) is 17.4. The van der Waals surface area contributed by atoms with Crippen LogP contribution in [0.25, 0.3) is 0 Å². The summed E-state index contributed by atoms with van der Waals surface area (Å²) >= 11 is 0. The van der Waals surface area contributed by atoms with Gasteiger partial charge in [0.2, 0.25) is 0 Å². The predicted octanol–water partition coefficient (Wildman–Crippen LogP) is 2.60. The maximum Gasteiger partial charge on any atom is 0.420 e. The Labute approximate surface area is 183 Å². The fourth-order valence-corrected chi connectivity index (χ4v) is 4.09. The van der Waals surface area contributed by atoms with Gasteiger partial charge in [0, 0.05) is 12.1 Å². The van der Waals surface area contributed by atoms with Crippen molar-refractivity contribution >= 4 is 21.7 Å². The summed E-state index contributed by atoms with van der Waals surface area (Å²) in [6.07, 6.45) is -4.82. The van der Waals surface area contributed by atoms with Gasteiger partial charge in [-0.05, 0) is 50.0 Å². The minimum Gasteiger partial charge on any atom is -0.457 e. The fraction of sp³-hybridized carbons (Fsp3) is 0.300. The lowest BCUT2D eigenvalue weighted by atomic mass is 10.1. The number of hydrogen-bond donors (Lipinski definition) is 3. The first-order chi connectivity index (χ1) is 14.8. The summed E-state index contributed by atoms with van der Waals surface area (Å²) < 4.78 is 70.1. The summed E-state index contributed by atoms with van der Waals surface area (Å²) in [5, 5.41) is 8.92. The van der Waals surface area contributed by atoms with Crippen molar-refractivity contribution in [2.24, 2.45) is 5.73 Å². The zero-order chi connectivity index (χ0) is 24.1. The van der Waals surface area contributed by atoms with Crippen LogP contribution in [0.15, 0.2) is 42.5 Å². The molecule has 0 atom stereocenters. The molecule has 0 aliphatic heterocycles. The van der Waals surface area contributed by atoms with Gasteiger partial charge < -0.3 is 15.4 Å². The van der Waals surface area contributed by atoms with E-state index in [-0.39, 0.29) is 22.8 Å². The topological polar surface area (TPSA) is 126 Å². The van der Waals surface area contributed by atoms with Crippen molar-refractivity contribution < 1.29 is 31.1 Å². The van der Waals surface area contributed by atoms with Gasteiger partial charge in [0.05, 0.1) is 17.1 Å². The first kappa shape index (κ1) is 25.1. The number of ether oxygens (including phenoxy) is 1. The number of rotatable bonds is 8. The Morgan fingerprint density at radius 3 is 2.31 bits per heavy atom. The molecule has 0 fully saturated rings. The number of nitrogens with two attached hydrogens (primary N) is 1. The number of hydrogen-bond acceptors (Lipinski definition) is 6. The molecule has 0 bridgehead atoms. The molecule has 32 heavy (non-hydrogen) atoms. The first-order valence-corrected chi connectivity index (χ1v) is 11.1. The number of benzene rings is 2. The average Bonchev–Trinajstić information content (AvgIpc) is 2.67. The highest BCUT2D eigenvalue weighted by Gasteiger charge is 2.35. The number of guanidine groups is 1. The molecule has 0 saturated carbocycles. The van der Waals surface area contributed by atoms with Crippen molar-refractivity contribution in [3.63, 3.8) is 0 Å². The van der Waals surface area contributed by atoms with Gasteiger partial charge in [-0.1, -0.05) is 12.1 Å². The van der Waals surface area contributed by atoms with Crippen molar-refractivity contribution in [3.8, 4) is 11.5 Å². The van der Waals surface area contributed by atoms with Gasteiger partial charge in [-0.3, -0.25) is 15.5 Å². The van der Waals surface area contributed by atoms with Crippen LogP contribution in [0.5, 0.6) is 11.5 Å². The molecule has 174 valence electrons. The summed E-state index contributed by atoms with van der Waals surface area (Å²) in [5.41, 5.74) is 3.97. The minimum atomic E-state index is -4.82. The van der Waals surface area contributed by atoms with Crippen LogP contribution in [0, 0.1) is 5.41 Å². The summed E-state index contributed by atoms with van der Waals surface area (Å²) in [4.78, 5) is 13.6. The van der Waals surface area contributed by atoms with E-state index >= 15 is 0 Å². The van der Waals surface area contributed by atoms with Crippen molar-refractivity contribution in [3.05, 3.63) is 59.2 Å². The quantitative estimate of drug-likeness (QED) is 0.401. The molecule has 4 N–H and O–H groups in total. The third-order valence-electron chi connectivity index (χ3n) is 4.18. The highest BCUT2D eigenvalue weighted by molar-refractivity contribution is 7.90. The highest BCUT2D eigenvalue weighted by Crippen LogP contribution is 2.38. The molecular weight excluding hydrogens is 449 g/mol. The molecular formula is C20H23F3N4O4S. The Bertz CT molecular complexity index is 1090. The number of nitrogens with zero attached hydrogens (tertiary/aromatic N) is 1. The predicted molar refractivity (Wildman–Crippen MR) is 113 cm³/mol. The van der Waals surface area contributed by atoms with Gasteiger partial charge in [0.15, 0.2) is 15.8 Å². The fourth-order valence-electron chi connectivity index (χ4n) is 2.60. The molecule has 2 aromatic rings. The Hall–Kier alpha value is -3.12. The van der Waals surface area contributed by atoms with Gasteiger partial charge in [0.25, 0.3) is 5.91 Å². The third-order valence-corrected chi connectivity index (χ3v) is 5.76. The molecule has 2 rings (SSSR count). The lowest BCUT2D eigenvalue weighted by Crippen LogP contribution is -2.35. The van der Waals surface area contributed by atoms with E-state index in [2.05, 4.69) is 0 Å². The number of amides is 1. The van der Waals surface area contributed by atoms with E-state index in [0.717, 1.165) is 12.1 Å². The monoisotopic (exact) mass is 472 g/mol. The van der Waals surface area contributed by atoms with Crippen molar-refractivity contribution in [1.82, 2.24) is 10.2 Å². The Kier molecular flexibility index (Phi) is 7.86. The molecule has 0 unspecified atom stereocenters. The van der Waals surface area contributed by atoms with Crippen LogP contribution in [0.4, 0.5) is 13.2 Å². The smallest absolute Gasteiger partial charge is 0.420 e. The van der Waals surface area contributed by atoms with Gasteiger partial charge in [-0.25, -0.2) is 8.42 Å². The van der Waals surface area contributed by atoms with E-state index < -0.39 is 39.2 Å². The van der Waals surface area contributed by atoms with Gasteiger partial charge in [-0.15, -0.1) is 0 Å². The lowest BCUT2D eigenvalue weighted by molar-refractivity contribution is -0.138. The summed E-state index contributed by atoms with van der Waals surface area (Å²) in [5.74, 6) is -2.36. The Morgan fingerprint density at radius 2 is 1.78 bits per heavy atom. The highest BCUT2D eigenvalue weighted by atomic mass is 32.2. The molecule has 8 nitrogen and oxygen atoms in total. The second-order valence-electron chi connectivity index (χ2n) is 7.22. The SMILES string of the molecule is CN(C)CCS(=O)(=O)Cc1ccc(Oc2ccc(C(=O)NC(=N)N)cc2C(F)(F)F)cc1. The second-order valence-corrected chi connectivity index (χ2v) is 9.40. The summed E-state index contributed by atoms with van der Waals surface area (Å²) in [7, 11) is 0.184. The standard InChI is InChI=1S/C20H23F3N4O4S/c1-27(2)9-10-32(29,30)12-13-3-6-15(7-4-13)31-17-8-5-14(18(28)26-19(24)25)11-16(17)20(21,22)23/h3-8,11H,9-10,12H2,1-2H3,(H4,24,25,26,28). The second kappa shape index (κ2) is 10.0. The number of sulfone groups is 1. The van der Waals surface area contributed by atoms with Crippen LogP contribution >= 0.6 is 0 Å². The van der Waals surface area contributed by atoms with E-state index in [1.165, 1.54) is 24.3 Å². The minimum absolute atomic E-state index is 0.0171. The van der Waals surface area contributed by atoms with Gasteiger partial charge in [-0.2, -0.15) is 13.2 Å². The van der Waals surface area contributed by atoms with Crippen molar-refractivity contribution in [2.75, 3.05) is 26.4 Å². The van der Waals surface area contributed by atoms with Crippen LogP contribution in [0.1, 0.15) is 21.5 Å². The molecule has 1 amide bonds. The molecule has 12 heteroatoms. The van der Waals surface area contributed by atoms with E-state index in [4.69, 9.17) is 15.9 Å². The zero-order valence-corrected chi connectivity index (χ0v) is 18.2. The number of carbonyl (C=O) groups excluding carboxylic acids is 1. The number of carbonyl (C=O) groups is 1. The molecule has 0 saturated heterocycles. The normalized spacial score (nSPS) is 11.9. The van der Waals surface area contributed by atoms with E-state index in [1.807, 2.05) is 5.32 Å². The van der Waals surface area contributed by atoms with E-state index in [1.54, 1.807) is 19.0 Å². The van der Waals surface area contributed by atoms with Crippen LogP contribution in [0.2, 0.25) is 0 Å². The summed E-state index contributed by atoms with van der Waals surface area (Å²) in [6.45, 7) is 0.379. The Morgan fingerprint density at radius 1 is 1.16 bits per heavy atom. The van der Waals surface area contributed by atoms with Crippen LogP contribution in [0.3, 0.4) is 0 Å². The molecule has 0 radical (unpaired) electrons. The maximum absolute atomic E-state index is 13.5. The van der Waals surface area contributed by atoms with Gasteiger partial charge >= 0.3 is 6.18 Å². The largest absolute Gasteiger partial charge is 0.457 e. The van der Waals surface area contributed by atoms with Crippen molar-refractivity contribution in [1.29, 1.82) is 5.41 Å². The van der Waals surface area contributed by atoms with Crippen LogP contribution in [-0.4, -0.2) is 51.6 Å². The van der Waals surface area contributed by atoms with Crippen LogP contribution in [-0.2, 0) is 21.8 Å². The first-order valence-electron chi connectivity index (χ1n) is 9.25. The van der Waals surface area contributed by atoms with Gasteiger partial charge in [0.1, 0.15) is 11.5 Å². The van der Waals surface area contributed by atoms with Crippen LogP contribution < -0.4 is 15.8 Å². The molecule has 0 heterocycles. The molecule has 0 aliphatic rings. The third kappa shape index (κ3) is 7.54. The number of alkyl halides is 3. The molecule has 0 aliphatic carbocycles.